The summed E-state index contributed by atoms with van der Waals surface area (Å²) < 4.78 is 2.26. The molecular formula is C24H17ClN2. The minimum Gasteiger partial charge on any atom is -0.398 e. The number of nitrogen functional groups attached to an aromatic ring is 1. The molecular weight excluding hydrogens is 352 g/mol. The summed E-state index contributed by atoms with van der Waals surface area (Å²) in [6.45, 7) is 0. The molecule has 5 aromatic rings. The SMILES string of the molecule is Nc1ccccc1-c1ccc2c3c(Cl)cccc3n(-c3ccccc3)c2c1. The van der Waals surface area contributed by atoms with Gasteiger partial charge in [-0.05, 0) is 42.0 Å². The van der Waals surface area contributed by atoms with Crippen molar-refractivity contribution in [3.05, 3.63) is 96.0 Å². The van der Waals surface area contributed by atoms with Gasteiger partial charge in [0.25, 0.3) is 0 Å². The second-order valence-electron chi connectivity index (χ2n) is 6.62. The van der Waals surface area contributed by atoms with Gasteiger partial charge in [-0.1, -0.05) is 66.2 Å². The zero-order chi connectivity index (χ0) is 18.4. The molecule has 130 valence electrons. The fourth-order valence-corrected chi connectivity index (χ4v) is 4.08. The van der Waals surface area contributed by atoms with Gasteiger partial charge in [-0.25, -0.2) is 0 Å². The zero-order valence-electron chi connectivity index (χ0n) is 14.6. The van der Waals surface area contributed by atoms with E-state index in [-0.39, 0.29) is 0 Å². The average Bonchev–Trinajstić information content (AvgIpc) is 3.03. The summed E-state index contributed by atoms with van der Waals surface area (Å²) in [6, 6.07) is 30.8. The average molecular weight is 369 g/mol. The molecule has 0 radical (unpaired) electrons. The molecule has 3 heteroatoms. The molecule has 0 unspecified atom stereocenters. The highest BCUT2D eigenvalue weighted by atomic mass is 35.5. The van der Waals surface area contributed by atoms with E-state index in [1.807, 2.05) is 36.4 Å². The van der Waals surface area contributed by atoms with Gasteiger partial charge in [-0.2, -0.15) is 0 Å². The molecule has 1 heterocycles. The van der Waals surface area contributed by atoms with Crippen LogP contribution in [0.1, 0.15) is 0 Å². The summed E-state index contributed by atoms with van der Waals surface area (Å²) in [4.78, 5) is 0. The van der Waals surface area contributed by atoms with Crippen molar-refractivity contribution in [1.82, 2.24) is 4.57 Å². The summed E-state index contributed by atoms with van der Waals surface area (Å²) in [5.74, 6) is 0. The van der Waals surface area contributed by atoms with E-state index in [1.165, 1.54) is 0 Å². The maximum absolute atomic E-state index is 6.59. The van der Waals surface area contributed by atoms with Gasteiger partial charge in [0.15, 0.2) is 0 Å². The lowest BCUT2D eigenvalue weighted by Crippen LogP contribution is -1.94. The predicted octanol–water partition coefficient (Wildman–Crippen LogP) is 6.69. The number of para-hydroxylation sites is 2. The first kappa shape index (κ1) is 16.0. The minimum absolute atomic E-state index is 0.763. The van der Waals surface area contributed by atoms with Gasteiger partial charge in [0.2, 0.25) is 0 Å². The number of hydrogen-bond donors (Lipinski definition) is 1. The molecule has 0 aliphatic rings. The van der Waals surface area contributed by atoms with Crippen molar-refractivity contribution in [2.45, 2.75) is 0 Å². The third kappa shape index (κ3) is 2.49. The van der Waals surface area contributed by atoms with Crippen LogP contribution in [0.3, 0.4) is 0 Å². The largest absolute Gasteiger partial charge is 0.398 e. The van der Waals surface area contributed by atoms with Crippen molar-refractivity contribution in [2.75, 3.05) is 5.73 Å². The normalized spacial score (nSPS) is 11.3. The predicted molar refractivity (Wildman–Crippen MR) is 116 cm³/mol. The minimum atomic E-state index is 0.763. The first-order valence-corrected chi connectivity index (χ1v) is 9.25. The molecule has 0 fully saturated rings. The first-order chi connectivity index (χ1) is 13.2. The molecule has 0 spiro atoms. The van der Waals surface area contributed by atoms with E-state index < -0.39 is 0 Å². The fourth-order valence-electron chi connectivity index (χ4n) is 3.81. The highest BCUT2D eigenvalue weighted by Gasteiger charge is 2.15. The highest BCUT2D eigenvalue weighted by Crippen LogP contribution is 2.38. The van der Waals surface area contributed by atoms with E-state index in [1.54, 1.807) is 0 Å². The van der Waals surface area contributed by atoms with E-state index >= 15 is 0 Å². The van der Waals surface area contributed by atoms with E-state index in [0.717, 1.165) is 49.3 Å². The maximum Gasteiger partial charge on any atom is 0.0556 e. The number of fused-ring (bicyclic) bond motifs is 3. The van der Waals surface area contributed by atoms with Crippen LogP contribution in [0.5, 0.6) is 0 Å². The maximum atomic E-state index is 6.59. The Morgan fingerprint density at radius 3 is 2.30 bits per heavy atom. The lowest BCUT2D eigenvalue weighted by Gasteiger charge is -2.10. The number of nitrogens with zero attached hydrogens (tertiary/aromatic N) is 1. The van der Waals surface area contributed by atoms with Crippen LogP contribution < -0.4 is 5.73 Å². The van der Waals surface area contributed by atoms with Crippen molar-refractivity contribution in [1.29, 1.82) is 0 Å². The number of rotatable bonds is 2. The van der Waals surface area contributed by atoms with Gasteiger partial charge in [0, 0.05) is 27.7 Å². The molecule has 4 aromatic carbocycles. The number of hydrogen-bond acceptors (Lipinski definition) is 1. The Balaban J connectivity index is 1.91. The van der Waals surface area contributed by atoms with Crippen molar-refractivity contribution >= 4 is 39.1 Å². The van der Waals surface area contributed by atoms with Crippen molar-refractivity contribution < 1.29 is 0 Å². The molecule has 0 aliphatic heterocycles. The van der Waals surface area contributed by atoms with Crippen molar-refractivity contribution in [3.63, 3.8) is 0 Å². The Morgan fingerprint density at radius 1 is 0.704 bits per heavy atom. The molecule has 0 aliphatic carbocycles. The number of aromatic nitrogens is 1. The lowest BCUT2D eigenvalue weighted by atomic mass is 10.0. The zero-order valence-corrected chi connectivity index (χ0v) is 15.3. The standard InChI is InChI=1S/C24H17ClN2/c25-20-10-6-12-22-24(20)19-14-13-16(18-9-4-5-11-21(18)26)15-23(19)27(22)17-7-2-1-3-8-17/h1-15H,26H2. The molecule has 2 nitrogen and oxygen atoms in total. The third-order valence-corrected chi connectivity index (χ3v) is 5.34. The number of anilines is 1. The molecule has 0 atom stereocenters. The fraction of sp³-hybridized carbons (Fsp3) is 0. The summed E-state index contributed by atoms with van der Waals surface area (Å²) in [7, 11) is 0. The van der Waals surface area contributed by atoms with Crippen LogP contribution in [0.15, 0.2) is 91.0 Å². The molecule has 5 rings (SSSR count). The van der Waals surface area contributed by atoms with Crippen LogP contribution in [0, 0.1) is 0 Å². The van der Waals surface area contributed by atoms with Crippen LogP contribution in [-0.4, -0.2) is 4.57 Å². The van der Waals surface area contributed by atoms with Gasteiger partial charge < -0.3 is 10.3 Å². The monoisotopic (exact) mass is 368 g/mol. The Morgan fingerprint density at radius 2 is 1.48 bits per heavy atom. The summed E-state index contributed by atoms with van der Waals surface area (Å²) in [6.07, 6.45) is 0. The van der Waals surface area contributed by atoms with Gasteiger partial charge in [0.1, 0.15) is 0 Å². The molecule has 2 N–H and O–H groups in total. The third-order valence-electron chi connectivity index (χ3n) is 5.03. The topological polar surface area (TPSA) is 30.9 Å². The Bertz CT molecular complexity index is 1290. The number of halogens is 1. The smallest absolute Gasteiger partial charge is 0.0556 e. The first-order valence-electron chi connectivity index (χ1n) is 8.87. The second kappa shape index (κ2) is 6.19. The lowest BCUT2D eigenvalue weighted by molar-refractivity contribution is 1.18. The molecule has 0 bridgehead atoms. The van der Waals surface area contributed by atoms with Crippen LogP contribution in [0.25, 0.3) is 38.6 Å². The van der Waals surface area contributed by atoms with Crippen LogP contribution in [0.2, 0.25) is 5.02 Å². The molecule has 1 aromatic heterocycles. The highest BCUT2D eigenvalue weighted by molar-refractivity contribution is 6.38. The van der Waals surface area contributed by atoms with Gasteiger partial charge in [-0.15, -0.1) is 0 Å². The van der Waals surface area contributed by atoms with Crippen LogP contribution >= 0.6 is 11.6 Å². The van der Waals surface area contributed by atoms with Gasteiger partial charge in [0.05, 0.1) is 16.1 Å². The van der Waals surface area contributed by atoms with E-state index in [2.05, 4.69) is 59.2 Å². The molecule has 0 saturated heterocycles. The van der Waals surface area contributed by atoms with E-state index in [0.29, 0.717) is 0 Å². The van der Waals surface area contributed by atoms with Gasteiger partial charge in [-0.3, -0.25) is 0 Å². The quantitative estimate of drug-likeness (QED) is 0.346. The van der Waals surface area contributed by atoms with Crippen molar-refractivity contribution in [2.24, 2.45) is 0 Å². The van der Waals surface area contributed by atoms with E-state index in [9.17, 15) is 0 Å². The summed E-state index contributed by atoms with van der Waals surface area (Å²) >= 11 is 6.59. The van der Waals surface area contributed by atoms with Crippen molar-refractivity contribution in [3.8, 4) is 16.8 Å². The Hall–Kier alpha value is -3.23. The summed E-state index contributed by atoms with van der Waals surface area (Å²) in [5, 5.41) is 2.97. The summed E-state index contributed by atoms with van der Waals surface area (Å²) in [5.41, 5.74) is 12.4. The number of nitrogens with two attached hydrogens (primary N) is 1. The van der Waals surface area contributed by atoms with Crippen LogP contribution in [0.4, 0.5) is 5.69 Å². The second-order valence-corrected chi connectivity index (χ2v) is 7.03. The van der Waals surface area contributed by atoms with Crippen LogP contribution in [-0.2, 0) is 0 Å². The Labute approximate surface area is 162 Å². The van der Waals surface area contributed by atoms with Gasteiger partial charge >= 0.3 is 0 Å². The molecule has 27 heavy (non-hydrogen) atoms. The number of benzene rings is 4. The molecule has 0 amide bonds. The molecule has 0 saturated carbocycles. The van der Waals surface area contributed by atoms with E-state index in [4.69, 9.17) is 17.3 Å². The Kier molecular flexibility index (Phi) is 3.66.